The lowest BCUT2D eigenvalue weighted by Gasteiger charge is -2.25. The van der Waals surface area contributed by atoms with Crippen molar-refractivity contribution in [1.29, 1.82) is 0 Å². The van der Waals surface area contributed by atoms with Gasteiger partial charge in [-0.1, -0.05) is 0 Å². The first-order valence-corrected chi connectivity index (χ1v) is 9.88. The van der Waals surface area contributed by atoms with E-state index in [0.717, 1.165) is 55.2 Å². The van der Waals surface area contributed by atoms with Crippen LogP contribution >= 0.6 is 24.0 Å². The highest BCUT2D eigenvalue weighted by molar-refractivity contribution is 14.0. The van der Waals surface area contributed by atoms with Gasteiger partial charge in [-0.2, -0.15) is 0 Å². The molecule has 0 atom stereocenters. The molecule has 1 saturated carbocycles. The quantitative estimate of drug-likeness (QED) is 0.348. The van der Waals surface area contributed by atoms with Gasteiger partial charge in [0.15, 0.2) is 17.5 Å². The van der Waals surface area contributed by atoms with Crippen molar-refractivity contribution in [2.75, 3.05) is 38.2 Å². The van der Waals surface area contributed by atoms with Gasteiger partial charge in [-0.25, -0.2) is 0 Å². The molecular formula is C20H33IN4O2. The zero-order valence-electron chi connectivity index (χ0n) is 16.7. The molecule has 0 saturated heterocycles. The van der Waals surface area contributed by atoms with Gasteiger partial charge in [-0.05, 0) is 45.7 Å². The molecule has 0 spiro atoms. The zero-order valence-corrected chi connectivity index (χ0v) is 19.0. The van der Waals surface area contributed by atoms with Crippen molar-refractivity contribution < 1.29 is 9.47 Å². The van der Waals surface area contributed by atoms with Crippen LogP contribution in [0, 0.1) is 0 Å². The number of hydrogen-bond acceptors (Lipinski definition) is 4. The fraction of sp³-hybridized carbons (Fsp3) is 0.650. The molecule has 2 N–H and O–H groups in total. The van der Waals surface area contributed by atoms with Crippen LogP contribution in [0.5, 0.6) is 11.5 Å². The minimum absolute atomic E-state index is 0. The summed E-state index contributed by atoms with van der Waals surface area (Å²) in [5, 5.41) is 6.70. The van der Waals surface area contributed by atoms with Crippen molar-refractivity contribution in [1.82, 2.24) is 10.2 Å². The molecule has 1 aromatic carbocycles. The molecule has 1 aliphatic heterocycles. The smallest absolute Gasteiger partial charge is 0.195 e. The average molecular weight is 488 g/mol. The summed E-state index contributed by atoms with van der Waals surface area (Å²) in [5.41, 5.74) is 0.955. The van der Waals surface area contributed by atoms with Crippen LogP contribution in [0.15, 0.2) is 23.2 Å². The topological polar surface area (TPSA) is 58.1 Å². The maximum absolute atomic E-state index is 5.77. The highest BCUT2D eigenvalue weighted by Gasteiger charge is 2.30. The average Bonchev–Trinajstić information content (AvgIpc) is 3.45. The second-order valence-corrected chi connectivity index (χ2v) is 7.16. The minimum Gasteiger partial charge on any atom is -0.490 e. The van der Waals surface area contributed by atoms with Crippen LogP contribution < -0.4 is 20.1 Å². The number of rotatable bonds is 7. The number of fused-ring (bicyclic) bond motifs is 1. The Morgan fingerprint density at radius 2 is 1.96 bits per heavy atom. The lowest BCUT2D eigenvalue weighted by molar-refractivity contribution is 0.218. The van der Waals surface area contributed by atoms with E-state index in [1.807, 2.05) is 18.2 Å². The molecule has 0 radical (unpaired) electrons. The van der Waals surface area contributed by atoms with E-state index in [-0.39, 0.29) is 24.0 Å². The third-order valence-electron chi connectivity index (χ3n) is 4.66. The molecule has 2 aliphatic rings. The van der Waals surface area contributed by atoms with Crippen molar-refractivity contribution in [3.05, 3.63) is 18.2 Å². The Morgan fingerprint density at radius 1 is 1.22 bits per heavy atom. The number of hydrogen-bond donors (Lipinski definition) is 2. The maximum Gasteiger partial charge on any atom is 0.195 e. The summed E-state index contributed by atoms with van der Waals surface area (Å²) >= 11 is 0. The van der Waals surface area contributed by atoms with Crippen LogP contribution in [0.2, 0.25) is 0 Å². The van der Waals surface area contributed by atoms with E-state index in [4.69, 9.17) is 14.5 Å². The van der Waals surface area contributed by atoms with Crippen LogP contribution in [0.3, 0.4) is 0 Å². The van der Waals surface area contributed by atoms with Crippen molar-refractivity contribution in [2.24, 2.45) is 4.99 Å². The first-order valence-electron chi connectivity index (χ1n) is 9.88. The van der Waals surface area contributed by atoms with Gasteiger partial charge in [0, 0.05) is 43.3 Å². The van der Waals surface area contributed by atoms with Gasteiger partial charge in [0.05, 0.1) is 19.8 Å². The lowest BCUT2D eigenvalue weighted by atomic mass is 10.2. The van der Waals surface area contributed by atoms with Crippen molar-refractivity contribution in [2.45, 2.75) is 52.1 Å². The Morgan fingerprint density at radius 3 is 2.63 bits per heavy atom. The number of benzene rings is 1. The number of guanidine groups is 1. The Bertz CT molecular complexity index is 618. The molecule has 1 heterocycles. The molecule has 1 aromatic rings. The van der Waals surface area contributed by atoms with Gasteiger partial charge >= 0.3 is 0 Å². The number of ether oxygens (including phenoxy) is 2. The molecule has 7 heteroatoms. The fourth-order valence-electron chi connectivity index (χ4n) is 3.23. The molecule has 0 amide bonds. The van der Waals surface area contributed by atoms with E-state index >= 15 is 0 Å². The number of nitrogens with one attached hydrogen (secondary N) is 2. The van der Waals surface area contributed by atoms with Gasteiger partial charge in [0.25, 0.3) is 0 Å². The third kappa shape index (κ3) is 6.71. The monoisotopic (exact) mass is 488 g/mol. The molecule has 152 valence electrons. The molecule has 3 rings (SSSR count). The summed E-state index contributed by atoms with van der Waals surface area (Å²) in [6.45, 7) is 10.6. The van der Waals surface area contributed by atoms with Crippen LogP contribution in [-0.2, 0) is 0 Å². The molecular weight excluding hydrogens is 455 g/mol. The van der Waals surface area contributed by atoms with E-state index in [0.29, 0.717) is 19.3 Å². The number of nitrogens with zero attached hydrogens (tertiary/aromatic N) is 2. The zero-order chi connectivity index (χ0) is 18.4. The molecule has 1 aliphatic carbocycles. The van der Waals surface area contributed by atoms with Gasteiger partial charge in [0.1, 0.15) is 0 Å². The Labute approximate surface area is 180 Å². The summed E-state index contributed by atoms with van der Waals surface area (Å²) in [6, 6.07) is 7.29. The third-order valence-corrected chi connectivity index (χ3v) is 4.66. The first-order chi connectivity index (χ1) is 12.7. The SMILES string of the molecule is CCNC(=NCCN(C(C)C)C1CC1)Nc1ccc2c(c1)OCCCO2.I. The fourth-order valence-corrected chi connectivity index (χ4v) is 3.23. The van der Waals surface area contributed by atoms with Crippen LogP contribution in [0.4, 0.5) is 5.69 Å². The van der Waals surface area contributed by atoms with Crippen LogP contribution in [-0.4, -0.2) is 55.8 Å². The Balaban J connectivity index is 0.00000261. The lowest BCUT2D eigenvalue weighted by Crippen LogP contribution is -2.36. The second-order valence-electron chi connectivity index (χ2n) is 7.16. The molecule has 27 heavy (non-hydrogen) atoms. The number of aliphatic imine (C=N–C) groups is 1. The van der Waals surface area contributed by atoms with Crippen LogP contribution in [0.1, 0.15) is 40.0 Å². The maximum atomic E-state index is 5.77. The standard InChI is InChI=1S/C20H32N4O2.HI/c1-4-21-20(22-10-11-24(15(2)3)17-7-8-17)23-16-6-9-18-19(14-16)26-13-5-12-25-18;/h6,9,14-15,17H,4-5,7-8,10-13H2,1-3H3,(H2,21,22,23);1H. The number of anilines is 1. The number of halogens is 1. The van der Waals surface area contributed by atoms with E-state index in [1.54, 1.807) is 0 Å². The predicted octanol–water partition coefficient (Wildman–Crippen LogP) is 3.72. The van der Waals surface area contributed by atoms with Crippen molar-refractivity contribution >= 4 is 35.6 Å². The Kier molecular flexibility index (Phi) is 8.95. The summed E-state index contributed by atoms with van der Waals surface area (Å²) in [4.78, 5) is 7.31. The van der Waals surface area contributed by atoms with Crippen molar-refractivity contribution in [3.8, 4) is 11.5 Å². The summed E-state index contributed by atoms with van der Waals surface area (Å²) in [6.07, 6.45) is 3.57. The van der Waals surface area contributed by atoms with Crippen LogP contribution in [0.25, 0.3) is 0 Å². The van der Waals surface area contributed by atoms with E-state index in [1.165, 1.54) is 12.8 Å². The molecule has 0 bridgehead atoms. The first kappa shape index (κ1) is 22.1. The molecule has 6 nitrogen and oxygen atoms in total. The van der Waals surface area contributed by atoms with E-state index in [2.05, 4.69) is 36.3 Å². The summed E-state index contributed by atoms with van der Waals surface area (Å²) in [5.74, 6) is 2.41. The molecule has 0 aromatic heterocycles. The largest absolute Gasteiger partial charge is 0.490 e. The Hall–Kier alpha value is -1.22. The van der Waals surface area contributed by atoms with E-state index in [9.17, 15) is 0 Å². The normalized spacial score (nSPS) is 16.7. The molecule has 1 fully saturated rings. The second kappa shape index (κ2) is 10.9. The summed E-state index contributed by atoms with van der Waals surface area (Å²) in [7, 11) is 0. The van der Waals surface area contributed by atoms with Gasteiger partial charge in [-0.15, -0.1) is 24.0 Å². The molecule has 0 unspecified atom stereocenters. The van der Waals surface area contributed by atoms with E-state index < -0.39 is 0 Å². The summed E-state index contributed by atoms with van der Waals surface area (Å²) < 4.78 is 11.5. The van der Waals surface area contributed by atoms with Gasteiger partial charge < -0.3 is 20.1 Å². The minimum atomic E-state index is 0. The highest BCUT2D eigenvalue weighted by Crippen LogP contribution is 2.32. The highest BCUT2D eigenvalue weighted by atomic mass is 127. The van der Waals surface area contributed by atoms with Gasteiger partial charge in [0.2, 0.25) is 0 Å². The van der Waals surface area contributed by atoms with Crippen molar-refractivity contribution in [3.63, 3.8) is 0 Å². The van der Waals surface area contributed by atoms with Gasteiger partial charge in [-0.3, -0.25) is 9.89 Å². The predicted molar refractivity (Wildman–Crippen MR) is 122 cm³/mol.